The molecule has 0 spiro atoms. The lowest BCUT2D eigenvalue weighted by Crippen LogP contribution is -2.38. The lowest BCUT2D eigenvalue weighted by Gasteiger charge is -2.27. The van der Waals surface area contributed by atoms with Crippen LogP contribution < -0.4 is 10.6 Å². The van der Waals surface area contributed by atoms with Gasteiger partial charge in [-0.2, -0.15) is 0 Å². The number of hydrogen-bond donors (Lipinski definition) is 2. The number of nitrogens with zero attached hydrogens (tertiary/aromatic N) is 1. The van der Waals surface area contributed by atoms with Gasteiger partial charge in [0.05, 0.1) is 5.56 Å². The van der Waals surface area contributed by atoms with Crippen molar-refractivity contribution in [2.75, 3.05) is 18.9 Å². The van der Waals surface area contributed by atoms with Crippen molar-refractivity contribution in [2.24, 2.45) is 0 Å². The van der Waals surface area contributed by atoms with Crippen LogP contribution in [0.4, 0.5) is 5.00 Å². The van der Waals surface area contributed by atoms with Gasteiger partial charge in [0.2, 0.25) is 0 Å². The van der Waals surface area contributed by atoms with Crippen LogP contribution >= 0.6 is 22.9 Å². The summed E-state index contributed by atoms with van der Waals surface area (Å²) in [6.07, 6.45) is 0.662. The highest BCUT2D eigenvalue weighted by Crippen LogP contribution is 2.41. The van der Waals surface area contributed by atoms with Crippen LogP contribution in [0.3, 0.4) is 0 Å². The zero-order chi connectivity index (χ0) is 15.3. The Morgan fingerprint density at radius 1 is 1.32 bits per heavy atom. The lowest BCUT2D eigenvalue weighted by atomic mass is 10.0. The summed E-state index contributed by atoms with van der Waals surface area (Å²) in [5.41, 5.74) is 2.93. The number of carbonyl (C=O) groups is 1. The fourth-order valence-electron chi connectivity index (χ4n) is 3.11. The van der Waals surface area contributed by atoms with Crippen LogP contribution in [0.25, 0.3) is 0 Å². The SMILES string of the molecule is CN1CCc2c(sc3c2C(=O)N[C@@H](c2ccccc2Cl)N3)C1. The van der Waals surface area contributed by atoms with Gasteiger partial charge in [0.25, 0.3) is 5.91 Å². The normalized spacial score (nSPS) is 20.8. The van der Waals surface area contributed by atoms with Crippen LogP contribution in [-0.4, -0.2) is 24.4 Å². The average molecular weight is 334 g/mol. The number of halogens is 1. The summed E-state index contributed by atoms with van der Waals surface area (Å²) in [6, 6.07) is 7.60. The molecule has 4 rings (SSSR count). The van der Waals surface area contributed by atoms with E-state index in [1.165, 1.54) is 10.4 Å². The Bertz CT molecular complexity index is 758. The maximum Gasteiger partial charge on any atom is 0.256 e. The van der Waals surface area contributed by atoms with Crippen LogP contribution in [0.1, 0.15) is 32.5 Å². The van der Waals surface area contributed by atoms with Crippen LogP contribution in [0.15, 0.2) is 24.3 Å². The van der Waals surface area contributed by atoms with E-state index in [-0.39, 0.29) is 12.1 Å². The Hall–Kier alpha value is -1.56. The van der Waals surface area contributed by atoms with Crippen LogP contribution in [0, 0.1) is 0 Å². The summed E-state index contributed by atoms with van der Waals surface area (Å²) < 4.78 is 0. The van der Waals surface area contributed by atoms with E-state index in [1.807, 2.05) is 24.3 Å². The maximum absolute atomic E-state index is 12.6. The van der Waals surface area contributed by atoms with E-state index < -0.39 is 0 Å². The molecule has 1 amide bonds. The standard InChI is InChI=1S/C16H16ClN3OS/c1-20-7-6-10-12(8-20)22-16-13(10)15(21)18-14(19-16)9-4-2-3-5-11(9)17/h2-5,14,19H,6-8H2,1H3,(H,18,21)/t14-/m1/s1. The molecule has 114 valence electrons. The molecular formula is C16H16ClN3OS. The predicted molar refractivity (Wildman–Crippen MR) is 89.6 cm³/mol. The number of thiophene rings is 1. The van der Waals surface area contributed by atoms with Crippen LogP contribution in [0.2, 0.25) is 5.02 Å². The monoisotopic (exact) mass is 333 g/mol. The zero-order valence-electron chi connectivity index (χ0n) is 12.1. The Morgan fingerprint density at radius 3 is 2.95 bits per heavy atom. The highest BCUT2D eigenvalue weighted by molar-refractivity contribution is 7.16. The highest BCUT2D eigenvalue weighted by atomic mass is 35.5. The van der Waals surface area contributed by atoms with E-state index in [0.717, 1.165) is 35.6 Å². The molecule has 0 saturated carbocycles. The van der Waals surface area contributed by atoms with Gasteiger partial charge in [-0.1, -0.05) is 29.8 Å². The number of rotatable bonds is 1. The minimum atomic E-state index is -0.272. The van der Waals surface area contributed by atoms with Crippen molar-refractivity contribution in [3.63, 3.8) is 0 Å². The number of carbonyl (C=O) groups excluding carboxylic acids is 1. The van der Waals surface area contributed by atoms with Gasteiger partial charge < -0.3 is 15.5 Å². The third kappa shape index (κ3) is 2.20. The molecule has 22 heavy (non-hydrogen) atoms. The summed E-state index contributed by atoms with van der Waals surface area (Å²) in [7, 11) is 2.11. The third-order valence-corrected chi connectivity index (χ3v) is 5.73. The first-order valence-corrected chi connectivity index (χ1v) is 8.48. The maximum atomic E-state index is 12.6. The van der Waals surface area contributed by atoms with Crippen molar-refractivity contribution in [3.05, 3.63) is 50.9 Å². The summed E-state index contributed by atoms with van der Waals surface area (Å²) in [5.74, 6) is 0.000669. The van der Waals surface area contributed by atoms with Gasteiger partial charge in [-0.25, -0.2) is 0 Å². The van der Waals surface area contributed by atoms with Gasteiger partial charge in [-0.15, -0.1) is 11.3 Å². The molecular weight excluding hydrogens is 318 g/mol. The molecule has 0 radical (unpaired) electrons. The number of amides is 1. The van der Waals surface area contributed by atoms with E-state index in [4.69, 9.17) is 11.6 Å². The molecule has 0 aliphatic carbocycles. The zero-order valence-corrected chi connectivity index (χ0v) is 13.7. The molecule has 0 bridgehead atoms. The third-order valence-electron chi connectivity index (χ3n) is 4.24. The molecule has 3 heterocycles. The average Bonchev–Trinajstić information content (AvgIpc) is 2.85. The van der Waals surface area contributed by atoms with Crippen LogP contribution in [-0.2, 0) is 13.0 Å². The molecule has 2 N–H and O–H groups in total. The second-order valence-electron chi connectivity index (χ2n) is 5.77. The summed E-state index contributed by atoms with van der Waals surface area (Å²) >= 11 is 7.95. The van der Waals surface area contributed by atoms with Crippen molar-refractivity contribution in [3.8, 4) is 0 Å². The predicted octanol–water partition coefficient (Wildman–Crippen LogP) is 3.24. The number of fused-ring (bicyclic) bond motifs is 3. The molecule has 0 saturated heterocycles. The van der Waals surface area contributed by atoms with Crippen molar-refractivity contribution >= 4 is 33.8 Å². The summed E-state index contributed by atoms with van der Waals surface area (Å²) in [5, 5.41) is 8.10. The summed E-state index contributed by atoms with van der Waals surface area (Å²) in [4.78, 5) is 16.2. The minimum absolute atomic E-state index is 0.000669. The van der Waals surface area contributed by atoms with Crippen molar-refractivity contribution in [1.29, 1.82) is 0 Å². The van der Waals surface area contributed by atoms with Gasteiger partial charge in [0, 0.05) is 28.6 Å². The molecule has 2 aliphatic rings. The van der Waals surface area contributed by atoms with E-state index in [0.29, 0.717) is 5.02 Å². The number of anilines is 1. The molecule has 1 atom stereocenters. The van der Waals surface area contributed by atoms with Crippen molar-refractivity contribution in [1.82, 2.24) is 10.2 Å². The molecule has 2 aliphatic heterocycles. The quantitative estimate of drug-likeness (QED) is 0.842. The number of benzene rings is 1. The number of likely N-dealkylation sites (N-methyl/N-ethyl adjacent to an activating group) is 1. The summed E-state index contributed by atoms with van der Waals surface area (Å²) in [6.45, 7) is 1.91. The first kappa shape index (κ1) is 14.1. The van der Waals surface area contributed by atoms with Crippen LogP contribution in [0.5, 0.6) is 0 Å². The second kappa shape index (κ2) is 5.26. The Balaban J connectivity index is 1.73. The van der Waals surface area contributed by atoms with Gasteiger partial charge in [0.15, 0.2) is 0 Å². The second-order valence-corrected chi connectivity index (χ2v) is 7.28. The largest absolute Gasteiger partial charge is 0.353 e. The number of hydrogen-bond acceptors (Lipinski definition) is 4. The Morgan fingerprint density at radius 2 is 2.14 bits per heavy atom. The van der Waals surface area contributed by atoms with E-state index >= 15 is 0 Å². The van der Waals surface area contributed by atoms with E-state index in [9.17, 15) is 4.79 Å². The van der Waals surface area contributed by atoms with E-state index in [2.05, 4.69) is 22.6 Å². The molecule has 4 nitrogen and oxygen atoms in total. The smallest absolute Gasteiger partial charge is 0.256 e. The molecule has 1 aromatic carbocycles. The van der Waals surface area contributed by atoms with Gasteiger partial charge in [-0.3, -0.25) is 4.79 Å². The van der Waals surface area contributed by atoms with Crippen molar-refractivity contribution in [2.45, 2.75) is 19.1 Å². The molecule has 2 aromatic rings. The topological polar surface area (TPSA) is 44.4 Å². The first-order valence-electron chi connectivity index (χ1n) is 7.28. The fraction of sp³-hybridized carbons (Fsp3) is 0.312. The number of nitrogens with one attached hydrogen (secondary N) is 2. The Kier molecular flexibility index (Phi) is 3.36. The van der Waals surface area contributed by atoms with Gasteiger partial charge in [0.1, 0.15) is 11.2 Å². The first-order chi connectivity index (χ1) is 10.6. The Labute approximate surface area is 138 Å². The molecule has 0 unspecified atom stereocenters. The highest BCUT2D eigenvalue weighted by Gasteiger charge is 2.33. The lowest BCUT2D eigenvalue weighted by molar-refractivity contribution is 0.0935. The molecule has 0 fully saturated rings. The molecule has 1 aromatic heterocycles. The van der Waals surface area contributed by atoms with E-state index in [1.54, 1.807) is 11.3 Å². The minimum Gasteiger partial charge on any atom is -0.353 e. The fourth-order valence-corrected chi connectivity index (χ4v) is 4.71. The van der Waals surface area contributed by atoms with Gasteiger partial charge in [-0.05, 0) is 25.1 Å². The van der Waals surface area contributed by atoms with Gasteiger partial charge >= 0.3 is 0 Å². The molecule has 6 heteroatoms. The van der Waals surface area contributed by atoms with Crippen molar-refractivity contribution < 1.29 is 4.79 Å².